The Kier molecular flexibility index (Phi) is 3.34. The Morgan fingerprint density at radius 2 is 2.27 bits per heavy atom. The van der Waals surface area contributed by atoms with Crippen LogP contribution in [0.2, 0.25) is 0 Å². The van der Waals surface area contributed by atoms with Gasteiger partial charge in [0.1, 0.15) is 0 Å². The van der Waals surface area contributed by atoms with E-state index in [-0.39, 0.29) is 5.41 Å². The number of aliphatic hydroxyl groups excluding tert-OH is 1. The fourth-order valence-corrected chi connectivity index (χ4v) is 1.68. The molecule has 82 valence electrons. The average molecular weight is 206 g/mol. The highest BCUT2D eigenvalue weighted by Crippen LogP contribution is 2.44. The normalized spacial score (nSPS) is 17.7. The standard InChI is InChI=1S/C12H18N2O/c15-10-12(5-6-12)9-13-8-4-11-3-1-2-7-14-11/h1-3,7,13,15H,4-6,8-10H2. The van der Waals surface area contributed by atoms with Crippen molar-refractivity contribution in [2.24, 2.45) is 5.41 Å². The highest BCUT2D eigenvalue weighted by atomic mass is 16.3. The minimum absolute atomic E-state index is 0.212. The van der Waals surface area contributed by atoms with Gasteiger partial charge in [0.2, 0.25) is 0 Å². The summed E-state index contributed by atoms with van der Waals surface area (Å²) >= 11 is 0. The molecule has 3 heteroatoms. The van der Waals surface area contributed by atoms with Gasteiger partial charge in [-0.25, -0.2) is 0 Å². The smallest absolute Gasteiger partial charge is 0.0499 e. The quantitative estimate of drug-likeness (QED) is 0.682. The molecule has 0 spiro atoms. The maximum Gasteiger partial charge on any atom is 0.0499 e. The minimum atomic E-state index is 0.212. The average Bonchev–Trinajstić information content (AvgIpc) is 3.07. The molecule has 0 radical (unpaired) electrons. The molecule has 1 fully saturated rings. The summed E-state index contributed by atoms with van der Waals surface area (Å²) in [6.07, 6.45) is 5.12. The first-order chi connectivity index (χ1) is 7.35. The second kappa shape index (κ2) is 4.73. The molecule has 0 bridgehead atoms. The van der Waals surface area contributed by atoms with Gasteiger partial charge in [-0.05, 0) is 25.0 Å². The lowest BCUT2D eigenvalue weighted by Gasteiger charge is -2.12. The number of nitrogens with one attached hydrogen (secondary N) is 1. The van der Waals surface area contributed by atoms with Crippen LogP contribution in [0.1, 0.15) is 18.5 Å². The first-order valence-corrected chi connectivity index (χ1v) is 5.56. The maximum atomic E-state index is 9.12. The van der Waals surface area contributed by atoms with Gasteiger partial charge in [-0.15, -0.1) is 0 Å². The van der Waals surface area contributed by atoms with Crippen molar-refractivity contribution in [1.29, 1.82) is 0 Å². The molecule has 2 rings (SSSR count). The minimum Gasteiger partial charge on any atom is -0.396 e. The molecule has 0 aliphatic heterocycles. The highest BCUT2D eigenvalue weighted by molar-refractivity contribution is 5.03. The summed E-state index contributed by atoms with van der Waals surface area (Å²) in [5.41, 5.74) is 1.34. The molecule has 0 aromatic carbocycles. The van der Waals surface area contributed by atoms with E-state index in [0.717, 1.165) is 25.2 Å². The van der Waals surface area contributed by atoms with Gasteiger partial charge in [0, 0.05) is 43.4 Å². The molecular weight excluding hydrogens is 188 g/mol. The maximum absolute atomic E-state index is 9.12. The van der Waals surface area contributed by atoms with E-state index in [2.05, 4.69) is 10.3 Å². The van der Waals surface area contributed by atoms with Crippen molar-refractivity contribution in [2.45, 2.75) is 19.3 Å². The van der Waals surface area contributed by atoms with Crippen LogP contribution >= 0.6 is 0 Å². The van der Waals surface area contributed by atoms with Gasteiger partial charge in [0.15, 0.2) is 0 Å². The van der Waals surface area contributed by atoms with E-state index in [1.165, 1.54) is 12.8 Å². The van der Waals surface area contributed by atoms with Gasteiger partial charge in [-0.3, -0.25) is 4.98 Å². The van der Waals surface area contributed by atoms with Gasteiger partial charge in [-0.1, -0.05) is 6.07 Å². The summed E-state index contributed by atoms with van der Waals surface area (Å²) in [6.45, 7) is 2.21. The van der Waals surface area contributed by atoms with Crippen LogP contribution in [0, 0.1) is 5.41 Å². The van der Waals surface area contributed by atoms with Crippen molar-refractivity contribution < 1.29 is 5.11 Å². The van der Waals surface area contributed by atoms with E-state index in [9.17, 15) is 0 Å². The van der Waals surface area contributed by atoms with Crippen LogP contribution in [0.3, 0.4) is 0 Å². The summed E-state index contributed by atoms with van der Waals surface area (Å²) in [6, 6.07) is 5.99. The number of aromatic nitrogens is 1. The Labute approximate surface area is 90.5 Å². The van der Waals surface area contributed by atoms with Crippen molar-refractivity contribution in [1.82, 2.24) is 10.3 Å². The van der Waals surface area contributed by atoms with Crippen LogP contribution in [-0.4, -0.2) is 29.8 Å². The second-order valence-corrected chi connectivity index (χ2v) is 4.41. The fraction of sp³-hybridized carbons (Fsp3) is 0.583. The number of hydrogen-bond acceptors (Lipinski definition) is 3. The molecule has 1 aliphatic carbocycles. The molecule has 0 amide bonds. The predicted octanol–water partition coefficient (Wildman–Crippen LogP) is 0.986. The molecule has 3 nitrogen and oxygen atoms in total. The molecule has 2 N–H and O–H groups in total. The third-order valence-electron chi connectivity index (χ3n) is 3.08. The van der Waals surface area contributed by atoms with Gasteiger partial charge in [-0.2, -0.15) is 0 Å². The van der Waals surface area contributed by atoms with Crippen molar-refractivity contribution >= 4 is 0 Å². The van der Waals surface area contributed by atoms with E-state index < -0.39 is 0 Å². The molecular formula is C12H18N2O. The molecule has 0 atom stereocenters. The Bertz CT molecular complexity index is 296. The summed E-state index contributed by atoms with van der Waals surface area (Å²) in [4.78, 5) is 4.26. The van der Waals surface area contributed by atoms with Crippen LogP contribution < -0.4 is 5.32 Å². The molecule has 15 heavy (non-hydrogen) atoms. The lowest BCUT2D eigenvalue weighted by Crippen LogP contribution is -2.28. The zero-order chi connectivity index (χ0) is 10.6. The van der Waals surface area contributed by atoms with Crippen molar-refractivity contribution in [3.63, 3.8) is 0 Å². The van der Waals surface area contributed by atoms with Gasteiger partial charge in [0.05, 0.1) is 0 Å². The molecule has 1 heterocycles. The summed E-state index contributed by atoms with van der Waals surface area (Å²) in [5, 5.41) is 12.5. The van der Waals surface area contributed by atoms with E-state index >= 15 is 0 Å². The molecule has 1 aromatic rings. The van der Waals surface area contributed by atoms with E-state index in [1.807, 2.05) is 24.4 Å². The van der Waals surface area contributed by atoms with Crippen LogP contribution in [0.25, 0.3) is 0 Å². The van der Waals surface area contributed by atoms with E-state index in [1.54, 1.807) is 0 Å². The van der Waals surface area contributed by atoms with Gasteiger partial charge in [0.25, 0.3) is 0 Å². The van der Waals surface area contributed by atoms with Crippen LogP contribution in [0.5, 0.6) is 0 Å². The summed E-state index contributed by atoms with van der Waals surface area (Å²) in [5.74, 6) is 0. The molecule has 0 unspecified atom stereocenters. The van der Waals surface area contributed by atoms with Crippen LogP contribution in [-0.2, 0) is 6.42 Å². The topological polar surface area (TPSA) is 45.1 Å². The molecule has 1 aliphatic rings. The fourth-order valence-electron chi connectivity index (χ4n) is 1.68. The van der Waals surface area contributed by atoms with E-state index in [4.69, 9.17) is 5.11 Å². The molecule has 1 aromatic heterocycles. The largest absolute Gasteiger partial charge is 0.396 e. The number of nitrogens with zero attached hydrogens (tertiary/aromatic N) is 1. The lowest BCUT2D eigenvalue weighted by molar-refractivity contribution is 0.208. The Balaban J connectivity index is 1.63. The summed E-state index contributed by atoms with van der Waals surface area (Å²) < 4.78 is 0. The van der Waals surface area contributed by atoms with Gasteiger partial charge < -0.3 is 10.4 Å². The number of rotatable bonds is 6. The Morgan fingerprint density at radius 1 is 1.40 bits per heavy atom. The lowest BCUT2D eigenvalue weighted by atomic mass is 10.1. The first-order valence-electron chi connectivity index (χ1n) is 5.56. The number of hydrogen-bond donors (Lipinski definition) is 2. The first kappa shape index (κ1) is 10.6. The Hall–Kier alpha value is -0.930. The third-order valence-corrected chi connectivity index (χ3v) is 3.08. The van der Waals surface area contributed by atoms with Crippen LogP contribution in [0.4, 0.5) is 0 Å². The zero-order valence-corrected chi connectivity index (χ0v) is 8.95. The SMILES string of the molecule is OCC1(CNCCc2ccccn2)CC1. The zero-order valence-electron chi connectivity index (χ0n) is 8.95. The van der Waals surface area contributed by atoms with Crippen molar-refractivity contribution in [3.05, 3.63) is 30.1 Å². The summed E-state index contributed by atoms with van der Waals surface area (Å²) in [7, 11) is 0. The predicted molar refractivity (Wildman–Crippen MR) is 59.6 cm³/mol. The molecule has 1 saturated carbocycles. The molecule has 0 saturated heterocycles. The Morgan fingerprint density at radius 3 is 2.87 bits per heavy atom. The highest BCUT2D eigenvalue weighted by Gasteiger charge is 2.41. The third kappa shape index (κ3) is 3.01. The van der Waals surface area contributed by atoms with Crippen molar-refractivity contribution in [3.8, 4) is 0 Å². The monoisotopic (exact) mass is 206 g/mol. The number of aliphatic hydroxyl groups is 1. The van der Waals surface area contributed by atoms with Crippen LogP contribution in [0.15, 0.2) is 24.4 Å². The second-order valence-electron chi connectivity index (χ2n) is 4.41. The van der Waals surface area contributed by atoms with Crippen molar-refractivity contribution in [2.75, 3.05) is 19.7 Å². The van der Waals surface area contributed by atoms with Gasteiger partial charge >= 0.3 is 0 Å². The van der Waals surface area contributed by atoms with E-state index in [0.29, 0.717) is 6.61 Å². The number of pyridine rings is 1.